The van der Waals surface area contributed by atoms with Crippen molar-refractivity contribution < 1.29 is 9.18 Å². The van der Waals surface area contributed by atoms with Crippen LogP contribution in [0.1, 0.15) is 44.5 Å². The number of rotatable bonds is 6. The number of pyridine rings is 1. The lowest BCUT2D eigenvalue weighted by Gasteiger charge is -2.18. The first-order valence-electron chi connectivity index (χ1n) is 6.66. The molecule has 0 aliphatic heterocycles. The minimum absolute atomic E-state index is 0.00730. The molecule has 0 radical (unpaired) electrons. The van der Waals surface area contributed by atoms with Crippen LogP contribution in [0, 0.1) is 11.7 Å². The predicted molar refractivity (Wildman–Crippen MR) is 74.7 cm³/mol. The van der Waals surface area contributed by atoms with Gasteiger partial charge in [0.15, 0.2) is 11.6 Å². The van der Waals surface area contributed by atoms with Gasteiger partial charge in [0.1, 0.15) is 0 Å². The summed E-state index contributed by atoms with van der Waals surface area (Å²) in [6.07, 6.45) is 2.30. The van der Waals surface area contributed by atoms with E-state index in [1.807, 2.05) is 27.7 Å². The molecule has 0 aliphatic rings. The Kier molecular flexibility index (Phi) is 5.73. The lowest BCUT2D eigenvalue weighted by molar-refractivity contribution is 0.0926. The summed E-state index contributed by atoms with van der Waals surface area (Å²) in [7, 11) is 0. The Morgan fingerprint density at radius 1 is 1.42 bits per heavy atom. The predicted octanol–water partition coefficient (Wildman–Crippen LogP) is 2.82. The van der Waals surface area contributed by atoms with Crippen LogP contribution < -0.4 is 10.6 Å². The van der Waals surface area contributed by atoms with Crippen molar-refractivity contribution in [2.45, 2.75) is 40.2 Å². The van der Waals surface area contributed by atoms with Crippen LogP contribution in [0.5, 0.6) is 0 Å². The largest absolute Gasteiger partial charge is 0.368 e. The van der Waals surface area contributed by atoms with E-state index in [0.717, 1.165) is 6.42 Å². The number of anilines is 1. The molecule has 1 amide bonds. The van der Waals surface area contributed by atoms with Crippen molar-refractivity contribution in [2.24, 2.45) is 5.92 Å². The number of carbonyl (C=O) groups is 1. The van der Waals surface area contributed by atoms with Crippen molar-refractivity contribution in [1.29, 1.82) is 0 Å². The van der Waals surface area contributed by atoms with Crippen LogP contribution in [-0.2, 0) is 0 Å². The smallest absolute Gasteiger partial charge is 0.254 e. The molecule has 0 aliphatic carbocycles. The summed E-state index contributed by atoms with van der Waals surface area (Å²) in [6, 6.07) is 1.39. The van der Waals surface area contributed by atoms with Gasteiger partial charge in [-0.15, -0.1) is 0 Å². The Balaban J connectivity index is 2.85. The van der Waals surface area contributed by atoms with Gasteiger partial charge in [-0.1, -0.05) is 20.8 Å². The van der Waals surface area contributed by atoms with Crippen LogP contribution in [0.3, 0.4) is 0 Å². The van der Waals surface area contributed by atoms with E-state index in [0.29, 0.717) is 12.5 Å². The lowest BCUT2D eigenvalue weighted by Crippen LogP contribution is -2.36. The minimum atomic E-state index is -0.593. The number of aromatic nitrogens is 1. The van der Waals surface area contributed by atoms with E-state index < -0.39 is 11.7 Å². The average molecular weight is 267 g/mol. The molecular formula is C14H22FN3O. The number of nitrogens with one attached hydrogen (secondary N) is 2. The van der Waals surface area contributed by atoms with Gasteiger partial charge in [0, 0.05) is 18.8 Å². The topological polar surface area (TPSA) is 54.0 Å². The van der Waals surface area contributed by atoms with E-state index in [1.54, 1.807) is 0 Å². The molecule has 0 bridgehead atoms. The van der Waals surface area contributed by atoms with Crippen LogP contribution in [0.2, 0.25) is 0 Å². The summed E-state index contributed by atoms with van der Waals surface area (Å²) in [6.45, 7) is 8.51. The molecule has 106 valence electrons. The maximum Gasteiger partial charge on any atom is 0.254 e. The molecule has 0 spiro atoms. The van der Waals surface area contributed by atoms with Crippen molar-refractivity contribution in [1.82, 2.24) is 10.3 Å². The highest BCUT2D eigenvalue weighted by molar-refractivity contribution is 5.95. The van der Waals surface area contributed by atoms with Crippen LogP contribution >= 0.6 is 0 Å². The first-order valence-corrected chi connectivity index (χ1v) is 6.66. The van der Waals surface area contributed by atoms with Gasteiger partial charge in [-0.2, -0.15) is 0 Å². The molecule has 0 aromatic carbocycles. The minimum Gasteiger partial charge on any atom is -0.368 e. The van der Waals surface area contributed by atoms with Crippen molar-refractivity contribution >= 4 is 11.7 Å². The molecule has 19 heavy (non-hydrogen) atoms. The zero-order valence-corrected chi connectivity index (χ0v) is 12.0. The summed E-state index contributed by atoms with van der Waals surface area (Å²) < 4.78 is 14.1. The van der Waals surface area contributed by atoms with Crippen molar-refractivity contribution in [3.63, 3.8) is 0 Å². The quantitative estimate of drug-likeness (QED) is 0.833. The van der Waals surface area contributed by atoms with E-state index in [-0.39, 0.29) is 17.4 Å². The van der Waals surface area contributed by atoms with Gasteiger partial charge in [-0.25, -0.2) is 9.37 Å². The molecule has 4 nitrogen and oxygen atoms in total. The van der Waals surface area contributed by atoms with E-state index in [9.17, 15) is 9.18 Å². The number of nitrogens with zero attached hydrogens (tertiary/aromatic N) is 1. The highest BCUT2D eigenvalue weighted by Gasteiger charge is 2.18. The van der Waals surface area contributed by atoms with Crippen LogP contribution in [0.15, 0.2) is 12.3 Å². The zero-order valence-electron chi connectivity index (χ0n) is 12.0. The van der Waals surface area contributed by atoms with Gasteiger partial charge in [0.25, 0.3) is 5.91 Å². The van der Waals surface area contributed by atoms with E-state index >= 15 is 0 Å². The fraction of sp³-hybridized carbons (Fsp3) is 0.571. The monoisotopic (exact) mass is 267 g/mol. The molecule has 0 saturated carbocycles. The first kappa shape index (κ1) is 15.4. The second-order valence-corrected chi connectivity index (χ2v) is 4.95. The molecular weight excluding hydrogens is 245 g/mol. The van der Waals surface area contributed by atoms with E-state index in [4.69, 9.17) is 0 Å². The Morgan fingerprint density at radius 2 is 2.11 bits per heavy atom. The Bertz CT molecular complexity index is 435. The van der Waals surface area contributed by atoms with Crippen molar-refractivity contribution in [3.05, 3.63) is 23.6 Å². The third-order valence-electron chi connectivity index (χ3n) is 3.04. The zero-order chi connectivity index (χ0) is 14.4. The van der Waals surface area contributed by atoms with Crippen LogP contribution in [-0.4, -0.2) is 23.5 Å². The fourth-order valence-electron chi connectivity index (χ4n) is 1.44. The second kappa shape index (κ2) is 7.07. The van der Waals surface area contributed by atoms with Crippen LogP contribution in [0.25, 0.3) is 0 Å². The Morgan fingerprint density at radius 3 is 2.68 bits per heavy atom. The molecule has 1 aromatic rings. The van der Waals surface area contributed by atoms with Gasteiger partial charge in [-0.05, 0) is 25.3 Å². The van der Waals surface area contributed by atoms with Crippen molar-refractivity contribution in [3.8, 4) is 0 Å². The highest BCUT2D eigenvalue weighted by atomic mass is 19.1. The molecule has 1 unspecified atom stereocenters. The number of halogens is 1. The molecule has 1 heterocycles. The normalized spacial score (nSPS) is 12.3. The SMILES string of the molecule is CCCNc1nccc(C(=O)NC(C)C(C)C)c1F. The third kappa shape index (κ3) is 4.19. The first-order chi connectivity index (χ1) is 8.97. The molecule has 1 atom stereocenters. The standard InChI is InChI=1S/C14H22FN3O/c1-5-7-16-13-12(15)11(6-8-17-13)14(19)18-10(4)9(2)3/h6,8-10H,5,7H2,1-4H3,(H,16,17)(H,18,19). The molecule has 0 fully saturated rings. The highest BCUT2D eigenvalue weighted by Crippen LogP contribution is 2.15. The number of carbonyl (C=O) groups excluding carboxylic acids is 1. The summed E-state index contributed by atoms with van der Waals surface area (Å²) in [5.74, 6) is -0.566. The van der Waals surface area contributed by atoms with Gasteiger partial charge < -0.3 is 10.6 Å². The second-order valence-electron chi connectivity index (χ2n) is 4.95. The summed E-state index contributed by atoms with van der Waals surface area (Å²) >= 11 is 0. The fourth-order valence-corrected chi connectivity index (χ4v) is 1.44. The number of amides is 1. The molecule has 0 saturated heterocycles. The maximum atomic E-state index is 14.1. The number of hydrogen-bond acceptors (Lipinski definition) is 3. The van der Waals surface area contributed by atoms with Gasteiger partial charge in [-0.3, -0.25) is 4.79 Å². The van der Waals surface area contributed by atoms with Gasteiger partial charge in [0.05, 0.1) is 5.56 Å². The molecule has 5 heteroatoms. The average Bonchev–Trinajstić information content (AvgIpc) is 2.37. The Labute approximate surface area is 113 Å². The summed E-state index contributed by atoms with van der Waals surface area (Å²) in [4.78, 5) is 15.9. The summed E-state index contributed by atoms with van der Waals surface area (Å²) in [5.41, 5.74) is 0.0288. The lowest BCUT2D eigenvalue weighted by atomic mass is 10.1. The number of hydrogen-bond donors (Lipinski definition) is 2. The Hall–Kier alpha value is -1.65. The maximum absolute atomic E-state index is 14.1. The van der Waals surface area contributed by atoms with E-state index in [2.05, 4.69) is 15.6 Å². The summed E-state index contributed by atoms with van der Waals surface area (Å²) in [5, 5.41) is 5.65. The third-order valence-corrected chi connectivity index (χ3v) is 3.04. The molecule has 2 N–H and O–H groups in total. The van der Waals surface area contributed by atoms with Gasteiger partial charge in [0.2, 0.25) is 0 Å². The van der Waals surface area contributed by atoms with E-state index in [1.165, 1.54) is 12.3 Å². The molecule has 1 rings (SSSR count). The molecule has 1 aromatic heterocycles. The van der Waals surface area contributed by atoms with Crippen molar-refractivity contribution in [2.75, 3.05) is 11.9 Å². The van der Waals surface area contributed by atoms with Gasteiger partial charge >= 0.3 is 0 Å². The van der Waals surface area contributed by atoms with Crippen LogP contribution in [0.4, 0.5) is 10.2 Å².